The Labute approximate surface area is 143 Å². The molecule has 0 aromatic heterocycles. The maximum Gasteiger partial charge on any atom is 0.408 e. The van der Waals surface area contributed by atoms with Crippen LogP contribution in [-0.2, 0) is 14.3 Å². The molecule has 0 saturated heterocycles. The second-order valence-electron chi connectivity index (χ2n) is 8.09. The van der Waals surface area contributed by atoms with Gasteiger partial charge in [0.2, 0.25) is 0 Å². The van der Waals surface area contributed by atoms with E-state index < -0.39 is 29.3 Å². The third-order valence-corrected chi connectivity index (χ3v) is 3.55. The highest BCUT2D eigenvalue weighted by atomic mass is 16.6. The molecule has 1 aliphatic rings. The Balaban J connectivity index is 2.92. The van der Waals surface area contributed by atoms with E-state index in [0.29, 0.717) is 6.42 Å². The molecule has 8 heteroatoms. The van der Waals surface area contributed by atoms with Crippen LogP contribution >= 0.6 is 0 Å². The summed E-state index contributed by atoms with van der Waals surface area (Å²) in [6.45, 7) is 10.5. The average Bonchev–Trinajstić information content (AvgIpc) is 2.80. The molecular formula is C16H29N4O4-. The molecule has 0 bridgehead atoms. The first-order valence-corrected chi connectivity index (χ1v) is 8.25. The number of rotatable bonds is 5. The van der Waals surface area contributed by atoms with E-state index in [1.54, 1.807) is 41.5 Å². The molecule has 2 N–H and O–H groups in total. The first kappa shape index (κ1) is 20.2. The van der Waals surface area contributed by atoms with Gasteiger partial charge < -0.3 is 25.7 Å². The molecule has 1 amide bonds. The van der Waals surface area contributed by atoms with Gasteiger partial charge in [-0.3, -0.25) is 5.22 Å². The largest absolute Gasteiger partial charge is 0.458 e. The van der Waals surface area contributed by atoms with E-state index in [9.17, 15) is 9.59 Å². The summed E-state index contributed by atoms with van der Waals surface area (Å²) in [6.07, 6.45) is 1.62. The summed E-state index contributed by atoms with van der Waals surface area (Å²) in [4.78, 5) is 24.7. The van der Waals surface area contributed by atoms with Gasteiger partial charge in [0.05, 0.1) is 0 Å². The van der Waals surface area contributed by atoms with Gasteiger partial charge in [-0.25, -0.2) is 9.59 Å². The number of alkyl carbamates (subject to hydrolysis) is 1. The van der Waals surface area contributed by atoms with Crippen molar-refractivity contribution in [3.05, 3.63) is 5.53 Å². The molecule has 0 aliphatic heterocycles. The van der Waals surface area contributed by atoms with Crippen molar-refractivity contribution in [2.45, 2.75) is 84.1 Å². The summed E-state index contributed by atoms with van der Waals surface area (Å²) in [7, 11) is 0. The van der Waals surface area contributed by atoms with Gasteiger partial charge >= 0.3 is 12.1 Å². The van der Waals surface area contributed by atoms with Crippen LogP contribution in [0.1, 0.15) is 60.8 Å². The topological polar surface area (TPSA) is 111 Å². The normalized spacial score (nSPS) is 22.4. The van der Waals surface area contributed by atoms with Crippen LogP contribution in [0.3, 0.4) is 0 Å². The highest BCUT2D eigenvalue weighted by Gasteiger charge is 2.39. The molecule has 0 spiro atoms. The number of amides is 1. The molecule has 3 atom stereocenters. The average molecular weight is 341 g/mol. The van der Waals surface area contributed by atoms with Crippen LogP contribution in [0.15, 0.2) is 5.22 Å². The molecule has 1 saturated carbocycles. The van der Waals surface area contributed by atoms with Crippen LogP contribution in [-0.4, -0.2) is 35.3 Å². The van der Waals surface area contributed by atoms with Crippen molar-refractivity contribution in [2.75, 3.05) is 0 Å². The quantitative estimate of drug-likeness (QED) is 0.454. The van der Waals surface area contributed by atoms with Crippen molar-refractivity contribution in [2.24, 2.45) is 11.1 Å². The van der Waals surface area contributed by atoms with Crippen LogP contribution < -0.4 is 10.7 Å². The molecule has 24 heavy (non-hydrogen) atoms. The Hall–Kier alpha value is -1.86. The number of esters is 1. The van der Waals surface area contributed by atoms with E-state index in [2.05, 4.69) is 16.0 Å². The lowest BCUT2D eigenvalue weighted by Gasteiger charge is -2.33. The summed E-state index contributed by atoms with van der Waals surface area (Å²) in [6, 6.07) is -1.09. The van der Waals surface area contributed by atoms with Gasteiger partial charge in [-0.2, -0.15) is 0 Å². The van der Waals surface area contributed by atoms with Crippen LogP contribution in [0.4, 0.5) is 4.79 Å². The Kier molecular flexibility index (Phi) is 6.57. The molecule has 0 heterocycles. The Bertz CT molecular complexity index is 468. The van der Waals surface area contributed by atoms with Gasteiger partial charge in [-0.1, -0.05) is 6.42 Å². The summed E-state index contributed by atoms with van der Waals surface area (Å²) in [5.74, 6) is -0.770. The van der Waals surface area contributed by atoms with Gasteiger partial charge in [-0.05, 0) is 66.3 Å². The van der Waals surface area contributed by atoms with Crippen LogP contribution in [0, 0.1) is 5.92 Å². The molecular weight excluding hydrogens is 312 g/mol. The first-order valence-electron chi connectivity index (χ1n) is 8.25. The predicted molar refractivity (Wildman–Crippen MR) is 89.1 cm³/mol. The van der Waals surface area contributed by atoms with Gasteiger partial charge in [0, 0.05) is 0 Å². The second kappa shape index (κ2) is 7.81. The van der Waals surface area contributed by atoms with Crippen LogP contribution in [0.5, 0.6) is 0 Å². The van der Waals surface area contributed by atoms with Crippen molar-refractivity contribution in [1.82, 2.24) is 10.7 Å². The Morgan fingerprint density at radius 2 is 1.67 bits per heavy atom. The number of carbonyl (C=O) groups is 2. The number of nitrogens with zero attached hydrogens (tertiary/aromatic N) is 2. The number of nitrogens with one attached hydrogen (secondary N) is 2. The van der Waals surface area contributed by atoms with Crippen molar-refractivity contribution < 1.29 is 19.1 Å². The van der Waals surface area contributed by atoms with Gasteiger partial charge in [-0.15, -0.1) is 0 Å². The molecule has 0 aromatic rings. The lowest BCUT2D eigenvalue weighted by atomic mass is 9.94. The fraction of sp³-hybridized carbons (Fsp3) is 0.875. The minimum Gasteiger partial charge on any atom is -0.458 e. The minimum absolute atomic E-state index is 0.220. The molecule has 1 fully saturated rings. The first-order chi connectivity index (χ1) is 10.9. The Morgan fingerprint density at radius 1 is 1.08 bits per heavy atom. The SMILES string of the molecule is CC(C)(C)OC(=O)N[C@@H](C(=O)OC(C)(C)C)[C@@H]1CCC[C@H]1NN=[N-]. The molecule has 1 rings (SSSR count). The third kappa shape index (κ3) is 6.72. The minimum atomic E-state index is -0.874. The summed E-state index contributed by atoms with van der Waals surface area (Å²) < 4.78 is 10.7. The highest BCUT2D eigenvalue weighted by molar-refractivity contribution is 5.82. The van der Waals surface area contributed by atoms with Crippen molar-refractivity contribution in [1.29, 1.82) is 0 Å². The molecule has 8 nitrogen and oxygen atoms in total. The van der Waals surface area contributed by atoms with E-state index in [1.165, 1.54) is 0 Å². The Morgan fingerprint density at radius 3 is 2.17 bits per heavy atom. The second-order valence-corrected chi connectivity index (χ2v) is 8.09. The monoisotopic (exact) mass is 341 g/mol. The van der Waals surface area contributed by atoms with Crippen molar-refractivity contribution >= 4 is 12.1 Å². The smallest absolute Gasteiger partial charge is 0.408 e. The van der Waals surface area contributed by atoms with E-state index >= 15 is 0 Å². The lowest BCUT2D eigenvalue weighted by Crippen LogP contribution is -2.53. The number of hydrogen-bond acceptors (Lipinski definition) is 5. The van der Waals surface area contributed by atoms with Gasteiger partial charge in [0.15, 0.2) is 0 Å². The zero-order chi connectivity index (χ0) is 18.5. The highest BCUT2D eigenvalue weighted by Crippen LogP contribution is 2.30. The number of carbonyl (C=O) groups excluding carboxylic acids is 2. The molecule has 138 valence electrons. The lowest BCUT2D eigenvalue weighted by molar-refractivity contribution is -0.159. The van der Waals surface area contributed by atoms with E-state index in [0.717, 1.165) is 12.8 Å². The van der Waals surface area contributed by atoms with Crippen LogP contribution in [0.2, 0.25) is 0 Å². The van der Waals surface area contributed by atoms with Crippen molar-refractivity contribution in [3.63, 3.8) is 0 Å². The summed E-state index contributed by atoms with van der Waals surface area (Å²) in [5.41, 5.74) is 10.0. The molecule has 0 radical (unpaired) electrons. The fourth-order valence-electron chi connectivity index (χ4n) is 2.76. The fourth-order valence-corrected chi connectivity index (χ4v) is 2.76. The maximum atomic E-state index is 12.6. The summed E-state index contributed by atoms with van der Waals surface area (Å²) >= 11 is 0. The molecule has 1 aliphatic carbocycles. The van der Waals surface area contributed by atoms with Crippen molar-refractivity contribution in [3.8, 4) is 0 Å². The van der Waals surface area contributed by atoms with E-state index in [4.69, 9.17) is 15.0 Å². The molecule has 0 aromatic carbocycles. The third-order valence-electron chi connectivity index (χ3n) is 3.55. The van der Waals surface area contributed by atoms with Gasteiger partial charge in [0.25, 0.3) is 0 Å². The number of ether oxygens (including phenoxy) is 2. The zero-order valence-electron chi connectivity index (χ0n) is 15.4. The standard InChI is InChI=1S/C16H29N4O4/c1-15(2,3)23-13(21)12(18-14(22)24-16(4,5)6)10-8-7-9-11(10)19-20-17/h10-12H,7-9H2,1-6H3,(H2-,17,18,19,22)/q-1/t10-,11-,12-/m1/s1. The summed E-state index contributed by atoms with van der Waals surface area (Å²) in [5, 5.41) is 5.60. The predicted octanol–water partition coefficient (Wildman–Crippen LogP) is 2.92. The number of hydrogen-bond donors (Lipinski definition) is 2. The van der Waals surface area contributed by atoms with Crippen LogP contribution in [0.25, 0.3) is 5.53 Å². The molecule has 0 unspecified atom stereocenters. The zero-order valence-corrected chi connectivity index (χ0v) is 15.4. The van der Waals surface area contributed by atoms with E-state index in [1.807, 2.05) is 0 Å². The maximum absolute atomic E-state index is 12.6. The van der Waals surface area contributed by atoms with E-state index in [-0.39, 0.29) is 12.0 Å². The van der Waals surface area contributed by atoms with Gasteiger partial charge in [0.1, 0.15) is 17.2 Å².